The van der Waals surface area contributed by atoms with Gasteiger partial charge in [-0.1, -0.05) is 35.9 Å². The first kappa shape index (κ1) is 24.5. The molecule has 2 heterocycles. The maximum absolute atomic E-state index is 12.4. The molecule has 0 spiro atoms. The lowest BCUT2D eigenvalue weighted by atomic mass is 10.1. The number of carbonyl (C=O) groups excluding carboxylic acids is 1. The minimum Gasteiger partial charge on any atom is -0.457 e. The van der Waals surface area contributed by atoms with Gasteiger partial charge in [-0.15, -0.1) is 0 Å². The van der Waals surface area contributed by atoms with Crippen LogP contribution in [0.3, 0.4) is 0 Å². The Morgan fingerprint density at radius 1 is 0.973 bits per heavy atom. The van der Waals surface area contributed by atoms with Gasteiger partial charge in [-0.3, -0.25) is 10.1 Å². The van der Waals surface area contributed by atoms with Crippen molar-refractivity contribution in [2.75, 3.05) is 5.32 Å². The van der Waals surface area contributed by atoms with E-state index in [0.29, 0.717) is 28.1 Å². The number of amides is 1. The van der Waals surface area contributed by atoms with E-state index in [-0.39, 0.29) is 11.0 Å². The lowest BCUT2D eigenvalue weighted by molar-refractivity contribution is -0.115. The molecule has 184 valence electrons. The molecule has 8 heteroatoms. The number of furan rings is 1. The summed E-state index contributed by atoms with van der Waals surface area (Å²) in [6.07, 6.45) is 2.93. The van der Waals surface area contributed by atoms with Crippen molar-refractivity contribution in [1.29, 1.82) is 0 Å². The molecule has 5 aromatic rings. The third kappa shape index (κ3) is 5.80. The first-order valence-electron chi connectivity index (χ1n) is 11.5. The quantitative estimate of drug-likeness (QED) is 0.181. The van der Waals surface area contributed by atoms with Crippen molar-refractivity contribution in [3.63, 3.8) is 0 Å². The summed E-state index contributed by atoms with van der Waals surface area (Å²) in [4.78, 5) is 17.0. The average molecular weight is 528 g/mol. The van der Waals surface area contributed by atoms with Crippen LogP contribution in [0.25, 0.3) is 40.0 Å². The topological polar surface area (TPSA) is 80.3 Å². The first-order valence-corrected chi connectivity index (χ1v) is 12.3. The summed E-state index contributed by atoms with van der Waals surface area (Å²) < 4.78 is 11.7. The van der Waals surface area contributed by atoms with Gasteiger partial charge in [-0.25, -0.2) is 4.98 Å². The summed E-state index contributed by atoms with van der Waals surface area (Å²) in [5.41, 5.74) is 5.97. The number of hydrogen-bond acceptors (Lipinski definition) is 5. The summed E-state index contributed by atoms with van der Waals surface area (Å²) in [6, 6.07) is 22.6. The molecule has 3 aromatic carbocycles. The lowest BCUT2D eigenvalue weighted by Gasteiger charge is -2.08. The Labute approximate surface area is 224 Å². The molecular formula is C29H22ClN3O3S. The zero-order chi connectivity index (χ0) is 25.9. The van der Waals surface area contributed by atoms with Crippen LogP contribution in [-0.4, -0.2) is 16.0 Å². The van der Waals surface area contributed by atoms with Crippen molar-refractivity contribution in [3.8, 4) is 22.8 Å². The number of aryl methyl sites for hydroxylation is 2. The molecule has 0 atom stereocenters. The van der Waals surface area contributed by atoms with E-state index in [2.05, 4.69) is 15.6 Å². The molecule has 0 unspecified atom stereocenters. The van der Waals surface area contributed by atoms with Gasteiger partial charge in [0.05, 0.1) is 0 Å². The van der Waals surface area contributed by atoms with Crippen LogP contribution in [0, 0.1) is 13.8 Å². The van der Waals surface area contributed by atoms with E-state index in [4.69, 9.17) is 32.7 Å². The van der Waals surface area contributed by atoms with Crippen molar-refractivity contribution in [2.45, 2.75) is 13.8 Å². The summed E-state index contributed by atoms with van der Waals surface area (Å²) in [7, 11) is 0. The van der Waals surface area contributed by atoms with E-state index in [9.17, 15) is 4.79 Å². The zero-order valence-corrected chi connectivity index (χ0v) is 21.6. The standard InChI is InChI=1S/C29H22ClN3O3S/c1-17-6-11-26-24(14-17)32-28(36-26)20-4-3-5-21(15-20)31-29(37)33-27(34)13-10-22-9-12-25(35-22)19-8-7-18(2)23(30)16-19/h3-16H,1-2H3,(H2,31,33,34,37)/b13-10+. The monoisotopic (exact) mass is 527 g/mol. The maximum atomic E-state index is 12.4. The highest BCUT2D eigenvalue weighted by molar-refractivity contribution is 7.80. The van der Waals surface area contributed by atoms with Gasteiger partial charge in [0, 0.05) is 27.9 Å². The van der Waals surface area contributed by atoms with Gasteiger partial charge >= 0.3 is 0 Å². The highest BCUT2D eigenvalue weighted by Crippen LogP contribution is 2.28. The first-order chi connectivity index (χ1) is 17.8. The molecule has 0 aliphatic carbocycles. The fourth-order valence-corrected chi connectivity index (χ4v) is 4.11. The third-order valence-corrected chi connectivity index (χ3v) is 6.24. The second-order valence-electron chi connectivity index (χ2n) is 8.51. The normalized spacial score (nSPS) is 11.2. The summed E-state index contributed by atoms with van der Waals surface area (Å²) in [6.45, 7) is 3.95. The highest BCUT2D eigenvalue weighted by atomic mass is 35.5. The van der Waals surface area contributed by atoms with Gasteiger partial charge in [0.25, 0.3) is 0 Å². The van der Waals surface area contributed by atoms with Crippen molar-refractivity contribution >= 4 is 57.7 Å². The number of halogens is 1. The number of thiocarbonyl (C=S) groups is 1. The van der Waals surface area contributed by atoms with Crippen molar-refractivity contribution in [3.05, 3.63) is 101 Å². The average Bonchev–Trinajstić information content (AvgIpc) is 3.51. The molecule has 0 radical (unpaired) electrons. The summed E-state index contributed by atoms with van der Waals surface area (Å²) in [5.74, 6) is 1.31. The zero-order valence-electron chi connectivity index (χ0n) is 20.0. The third-order valence-electron chi connectivity index (χ3n) is 5.63. The van der Waals surface area contributed by atoms with Crippen LogP contribution < -0.4 is 10.6 Å². The number of oxazole rings is 1. The predicted octanol–water partition coefficient (Wildman–Crippen LogP) is 7.55. The second-order valence-corrected chi connectivity index (χ2v) is 9.33. The number of aromatic nitrogens is 1. The molecule has 0 aliphatic rings. The number of anilines is 1. The number of carbonyl (C=O) groups is 1. The Morgan fingerprint density at radius 3 is 2.68 bits per heavy atom. The van der Waals surface area contributed by atoms with Gasteiger partial charge in [-0.2, -0.15) is 0 Å². The molecule has 2 N–H and O–H groups in total. The molecule has 2 aromatic heterocycles. The van der Waals surface area contributed by atoms with E-state index in [1.165, 1.54) is 6.08 Å². The number of hydrogen-bond donors (Lipinski definition) is 2. The molecule has 1 amide bonds. The van der Waals surface area contributed by atoms with Gasteiger partial charge in [0.15, 0.2) is 10.7 Å². The molecule has 5 rings (SSSR count). The van der Waals surface area contributed by atoms with Crippen LogP contribution in [0.2, 0.25) is 5.02 Å². The Kier molecular flexibility index (Phi) is 6.90. The SMILES string of the molecule is Cc1ccc2oc(-c3cccc(NC(=S)NC(=O)/C=C/c4ccc(-c5ccc(C)c(Cl)c5)o4)c3)nc2c1. The van der Waals surface area contributed by atoms with E-state index in [1.807, 2.05) is 80.6 Å². The van der Waals surface area contributed by atoms with Gasteiger partial charge in [0.2, 0.25) is 11.8 Å². The molecular weight excluding hydrogens is 506 g/mol. The van der Waals surface area contributed by atoms with Crippen LogP contribution >= 0.6 is 23.8 Å². The van der Waals surface area contributed by atoms with Gasteiger partial charge < -0.3 is 14.2 Å². The summed E-state index contributed by atoms with van der Waals surface area (Å²) in [5, 5.41) is 6.48. The van der Waals surface area contributed by atoms with E-state index in [0.717, 1.165) is 33.4 Å². The Hall–Kier alpha value is -4.20. The van der Waals surface area contributed by atoms with Crippen molar-refractivity contribution in [1.82, 2.24) is 10.3 Å². The predicted molar refractivity (Wildman–Crippen MR) is 151 cm³/mol. The van der Waals surface area contributed by atoms with Crippen LogP contribution in [0.15, 0.2) is 87.7 Å². The number of rotatable bonds is 5. The highest BCUT2D eigenvalue weighted by Gasteiger charge is 2.10. The van der Waals surface area contributed by atoms with Crippen LogP contribution in [0.4, 0.5) is 5.69 Å². The minimum atomic E-state index is -0.390. The maximum Gasteiger partial charge on any atom is 0.250 e. The fourth-order valence-electron chi connectivity index (χ4n) is 3.71. The summed E-state index contributed by atoms with van der Waals surface area (Å²) >= 11 is 11.5. The molecule has 0 bridgehead atoms. The van der Waals surface area contributed by atoms with Gasteiger partial charge in [0.1, 0.15) is 17.0 Å². The Balaban J connectivity index is 1.20. The van der Waals surface area contributed by atoms with Crippen LogP contribution in [-0.2, 0) is 4.79 Å². The molecule has 0 saturated heterocycles. The molecule has 37 heavy (non-hydrogen) atoms. The Bertz CT molecular complexity index is 1670. The molecule has 0 fully saturated rings. The Morgan fingerprint density at radius 2 is 1.84 bits per heavy atom. The van der Waals surface area contributed by atoms with Gasteiger partial charge in [-0.05, 0) is 91.8 Å². The smallest absolute Gasteiger partial charge is 0.250 e. The lowest BCUT2D eigenvalue weighted by Crippen LogP contribution is -2.32. The minimum absolute atomic E-state index is 0.162. The largest absolute Gasteiger partial charge is 0.457 e. The van der Waals surface area contributed by atoms with E-state index in [1.54, 1.807) is 12.1 Å². The molecule has 0 aliphatic heterocycles. The number of benzene rings is 3. The van der Waals surface area contributed by atoms with Crippen LogP contribution in [0.1, 0.15) is 16.9 Å². The fraction of sp³-hybridized carbons (Fsp3) is 0.0690. The van der Waals surface area contributed by atoms with Crippen molar-refractivity contribution < 1.29 is 13.6 Å². The molecule has 6 nitrogen and oxygen atoms in total. The van der Waals surface area contributed by atoms with Crippen LogP contribution in [0.5, 0.6) is 0 Å². The van der Waals surface area contributed by atoms with E-state index < -0.39 is 0 Å². The number of nitrogens with one attached hydrogen (secondary N) is 2. The number of fused-ring (bicyclic) bond motifs is 1. The van der Waals surface area contributed by atoms with E-state index >= 15 is 0 Å². The molecule has 0 saturated carbocycles. The second kappa shape index (κ2) is 10.4. The van der Waals surface area contributed by atoms with Crippen molar-refractivity contribution in [2.24, 2.45) is 0 Å². The number of nitrogens with zero attached hydrogens (tertiary/aromatic N) is 1.